The Morgan fingerprint density at radius 1 is 1.09 bits per heavy atom. The van der Waals surface area contributed by atoms with Gasteiger partial charge in [0, 0.05) is 18.2 Å². The lowest BCUT2D eigenvalue weighted by Gasteiger charge is -2.08. The molecule has 0 aliphatic rings. The zero-order valence-corrected chi connectivity index (χ0v) is 13.5. The van der Waals surface area contributed by atoms with Crippen molar-refractivity contribution in [2.45, 2.75) is 33.1 Å². The van der Waals surface area contributed by atoms with Crippen LogP contribution in [0.4, 0.5) is 5.69 Å². The largest absolute Gasteiger partial charge is 0.427 e. The molecule has 0 aliphatic heterocycles. The summed E-state index contributed by atoms with van der Waals surface area (Å²) in [4.78, 5) is 23.2. The smallest absolute Gasteiger partial charge is 0.308 e. The van der Waals surface area contributed by atoms with E-state index in [9.17, 15) is 9.59 Å². The molecule has 0 aromatic heterocycles. The summed E-state index contributed by atoms with van der Waals surface area (Å²) in [5, 5.41) is 2.84. The van der Waals surface area contributed by atoms with Gasteiger partial charge in [-0.25, -0.2) is 0 Å². The molecule has 4 heteroatoms. The molecule has 2 rings (SSSR count). The van der Waals surface area contributed by atoms with Crippen molar-refractivity contribution < 1.29 is 14.3 Å². The van der Waals surface area contributed by atoms with Crippen LogP contribution in [0.25, 0.3) is 0 Å². The minimum atomic E-state index is -0.412. The molecule has 120 valence electrons. The number of rotatable bonds is 6. The number of aryl methyl sites for hydroxylation is 1. The number of benzene rings is 2. The van der Waals surface area contributed by atoms with E-state index in [2.05, 4.69) is 12.2 Å². The average Bonchev–Trinajstić information content (AvgIpc) is 2.54. The summed E-state index contributed by atoms with van der Waals surface area (Å²) in [5.74, 6) is -0.286. The highest BCUT2D eigenvalue weighted by Gasteiger charge is 2.08. The van der Waals surface area contributed by atoms with Crippen molar-refractivity contribution >= 4 is 17.6 Å². The minimum absolute atomic E-state index is 0.236. The van der Waals surface area contributed by atoms with Gasteiger partial charge >= 0.3 is 5.97 Å². The van der Waals surface area contributed by atoms with Gasteiger partial charge in [0.1, 0.15) is 5.75 Å². The Morgan fingerprint density at radius 3 is 2.48 bits per heavy atom. The predicted molar refractivity (Wildman–Crippen MR) is 90.8 cm³/mol. The Bertz CT molecular complexity index is 677. The summed E-state index contributed by atoms with van der Waals surface area (Å²) in [6, 6.07) is 14.4. The molecule has 0 fully saturated rings. The Balaban J connectivity index is 2.02. The van der Waals surface area contributed by atoms with Gasteiger partial charge in [0.05, 0.1) is 0 Å². The van der Waals surface area contributed by atoms with E-state index in [1.54, 1.807) is 24.3 Å². The first-order chi connectivity index (χ1) is 11.1. The van der Waals surface area contributed by atoms with Gasteiger partial charge in [-0.05, 0) is 48.7 Å². The van der Waals surface area contributed by atoms with Gasteiger partial charge in [-0.2, -0.15) is 0 Å². The average molecular weight is 311 g/mol. The summed E-state index contributed by atoms with van der Waals surface area (Å²) in [7, 11) is 0. The molecule has 0 heterocycles. The second kappa shape index (κ2) is 8.13. The summed E-state index contributed by atoms with van der Waals surface area (Å²) < 4.78 is 4.99. The Morgan fingerprint density at radius 2 is 1.83 bits per heavy atom. The molecule has 0 aliphatic carbocycles. The van der Waals surface area contributed by atoms with Gasteiger partial charge in [-0.15, -0.1) is 0 Å². The third-order valence-corrected chi connectivity index (χ3v) is 3.39. The lowest BCUT2D eigenvalue weighted by Crippen LogP contribution is -2.12. The van der Waals surface area contributed by atoms with Crippen LogP contribution in [0.5, 0.6) is 5.75 Å². The first-order valence-corrected chi connectivity index (χ1v) is 7.77. The van der Waals surface area contributed by atoms with Crippen LogP contribution in [0.3, 0.4) is 0 Å². The molecule has 0 atom stereocenters. The summed E-state index contributed by atoms with van der Waals surface area (Å²) in [6.45, 7) is 3.49. The third kappa shape index (κ3) is 5.25. The fraction of sp³-hybridized carbons (Fsp3) is 0.263. The van der Waals surface area contributed by atoms with E-state index in [0.29, 0.717) is 11.3 Å². The number of unbranched alkanes of at least 4 members (excludes halogenated alkanes) is 1. The van der Waals surface area contributed by atoms with Crippen molar-refractivity contribution in [2.75, 3.05) is 5.32 Å². The second-order valence-electron chi connectivity index (χ2n) is 5.38. The van der Waals surface area contributed by atoms with Gasteiger partial charge in [0.2, 0.25) is 0 Å². The zero-order valence-electron chi connectivity index (χ0n) is 13.5. The Hall–Kier alpha value is -2.62. The van der Waals surface area contributed by atoms with Gasteiger partial charge in [0.25, 0.3) is 5.91 Å². The van der Waals surface area contributed by atoms with Crippen molar-refractivity contribution in [2.24, 2.45) is 0 Å². The Labute approximate surface area is 136 Å². The number of carbonyl (C=O) groups excluding carboxylic acids is 2. The van der Waals surface area contributed by atoms with E-state index in [0.717, 1.165) is 24.9 Å². The summed E-state index contributed by atoms with van der Waals surface area (Å²) in [5.41, 5.74) is 2.45. The van der Waals surface area contributed by atoms with Gasteiger partial charge in [-0.3, -0.25) is 9.59 Å². The number of anilines is 1. The van der Waals surface area contributed by atoms with Crippen LogP contribution < -0.4 is 10.1 Å². The maximum absolute atomic E-state index is 12.3. The fourth-order valence-corrected chi connectivity index (χ4v) is 2.21. The molecule has 0 unspecified atom stereocenters. The van der Waals surface area contributed by atoms with Gasteiger partial charge in [-0.1, -0.05) is 31.5 Å². The first kappa shape index (κ1) is 16.7. The molecule has 0 bridgehead atoms. The molecule has 0 saturated heterocycles. The number of ether oxygens (including phenoxy) is 1. The number of hydrogen-bond donors (Lipinski definition) is 1. The third-order valence-electron chi connectivity index (χ3n) is 3.39. The number of hydrogen-bond acceptors (Lipinski definition) is 3. The molecule has 1 amide bonds. The van der Waals surface area contributed by atoms with Crippen molar-refractivity contribution in [3.63, 3.8) is 0 Å². The molecular weight excluding hydrogens is 290 g/mol. The summed E-state index contributed by atoms with van der Waals surface area (Å²) in [6.07, 6.45) is 3.38. The summed E-state index contributed by atoms with van der Waals surface area (Å²) >= 11 is 0. The van der Waals surface area contributed by atoms with Crippen LogP contribution in [0, 0.1) is 0 Å². The number of esters is 1. The van der Waals surface area contributed by atoms with Crippen molar-refractivity contribution in [3.05, 3.63) is 59.7 Å². The van der Waals surface area contributed by atoms with E-state index in [1.165, 1.54) is 12.5 Å². The second-order valence-corrected chi connectivity index (χ2v) is 5.38. The molecule has 1 N–H and O–H groups in total. The standard InChI is InChI=1S/C19H21NO3/c1-3-4-6-15-9-11-17(12-10-15)20-19(22)16-7-5-8-18(13-16)23-14(2)21/h5,7-13H,3-4,6H2,1-2H3,(H,20,22). The maximum Gasteiger partial charge on any atom is 0.308 e. The van der Waals surface area contributed by atoms with E-state index in [4.69, 9.17) is 4.74 Å². The monoisotopic (exact) mass is 311 g/mol. The highest BCUT2D eigenvalue weighted by molar-refractivity contribution is 6.04. The van der Waals surface area contributed by atoms with Crippen LogP contribution in [-0.2, 0) is 11.2 Å². The molecule has 23 heavy (non-hydrogen) atoms. The van der Waals surface area contributed by atoms with E-state index in [1.807, 2.05) is 24.3 Å². The maximum atomic E-state index is 12.3. The fourth-order valence-electron chi connectivity index (χ4n) is 2.21. The van der Waals surface area contributed by atoms with Crippen LogP contribution in [0.2, 0.25) is 0 Å². The topological polar surface area (TPSA) is 55.4 Å². The predicted octanol–water partition coefficient (Wildman–Crippen LogP) is 4.21. The Kier molecular flexibility index (Phi) is 5.92. The highest BCUT2D eigenvalue weighted by Crippen LogP contribution is 2.16. The van der Waals surface area contributed by atoms with E-state index in [-0.39, 0.29) is 5.91 Å². The number of carbonyl (C=O) groups is 2. The van der Waals surface area contributed by atoms with Crippen molar-refractivity contribution in [3.8, 4) is 5.75 Å². The van der Waals surface area contributed by atoms with Crippen LogP contribution in [0.15, 0.2) is 48.5 Å². The first-order valence-electron chi connectivity index (χ1n) is 7.77. The van der Waals surface area contributed by atoms with Crippen molar-refractivity contribution in [1.29, 1.82) is 0 Å². The normalized spacial score (nSPS) is 10.2. The molecule has 0 radical (unpaired) electrons. The van der Waals surface area contributed by atoms with E-state index < -0.39 is 5.97 Å². The quantitative estimate of drug-likeness (QED) is 0.642. The molecule has 4 nitrogen and oxygen atoms in total. The van der Waals surface area contributed by atoms with Gasteiger partial charge in [0.15, 0.2) is 0 Å². The number of nitrogens with one attached hydrogen (secondary N) is 1. The zero-order chi connectivity index (χ0) is 16.7. The molecule has 2 aromatic carbocycles. The molecular formula is C19H21NO3. The van der Waals surface area contributed by atoms with Crippen LogP contribution in [0.1, 0.15) is 42.6 Å². The molecule has 0 spiro atoms. The highest BCUT2D eigenvalue weighted by atomic mass is 16.5. The van der Waals surface area contributed by atoms with Gasteiger partial charge < -0.3 is 10.1 Å². The molecule has 0 saturated carbocycles. The van der Waals surface area contributed by atoms with E-state index >= 15 is 0 Å². The van der Waals surface area contributed by atoms with Crippen molar-refractivity contribution in [1.82, 2.24) is 0 Å². The molecule has 2 aromatic rings. The number of amides is 1. The lowest BCUT2D eigenvalue weighted by atomic mass is 10.1. The van der Waals surface area contributed by atoms with Crippen LogP contribution >= 0.6 is 0 Å². The lowest BCUT2D eigenvalue weighted by molar-refractivity contribution is -0.131. The minimum Gasteiger partial charge on any atom is -0.427 e. The van der Waals surface area contributed by atoms with Crippen LogP contribution in [-0.4, -0.2) is 11.9 Å². The SMILES string of the molecule is CCCCc1ccc(NC(=O)c2cccc(OC(C)=O)c2)cc1.